The van der Waals surface area contributed by atoms with Gasteiger partial charge in [-0.25, -0.2) is 24.4 Å². The number of hydrogen-bond acceptors (Lipinski definition) is 9. The predicted octanol–water partition coefficient (Wildman–Crippen LogP) is 4.11. The standard InChI is InChI=1S/C38H47N9O7/c1-38(2,3)54-36(51)41-20-23-7-9-25(10-8-23)32(48)43-31(33(49)42-28-11-12-29-30(19-28)45-35(50)44-29)18-24-5-4-6-26(17-24)27-21-39-34(40-22-27)46-13-15-47(16-14-46)37(52)53/h4-6,11-12,17,19,21-23,25,31H,7-10,13-16,18,20H2,1-3H3,(H,41,51)(H,42,49)(H,43,48)(H,52,53)(H2,44,45,50)/t23-,25-,31-/m0/s1. The van der Waals surface area contributed by atoms with Gasteiger partial charge in [0.1, 0.15) is 11.6 Å². The molecule has 2 aromatic heterocycles. The number of carbonyl (C=O) groups is 4. The number of rotatable bonds is 10. The molecule has 286 valence electrons. The molecule has 1 atom stereocenters. The van der Waals surface area contributed by atoms with Crippen molar-refractivity contribution in [3.8, 4) is 11.1 Å². The van der Waals surface area contributed by atoms with Gasteiger partial charge in [-0.1, -0.05) is 24.3 Å². The van der Waals surface area contributed by atoms with E-state index in [1.807, 2.05) is 49.9 Å². The number of anilines is 2. The Bertz CT molecular complexity index is 2020. The molecule has 16 heteroatoms. The number of carboxylic acid groups (broad SMARTS) is 1. The number of imidazole rings is 1. The fourth-order valence-corrected chi connectivity index (χ4v) is 6.85. The molecule has 2 aliphatic rings. The van der Waals surface area contributed by atoms with Crippen LogP contribution < -0.4 is 26.5 Å². The average Bonchev–Trinajstić information content (AvgIpc) is 3.52. The summed E-state index contributed by atoms with van der Waals surface area (Å²) in [6.45, 7) is 7.67. The van der Waals surface area contributed by atoms with Crippen LogP contribution in [0.4, 0.5) is 21.2 Å². The SMILES string of the molecule is CC(C)(C)OC(=O)NC[C@H]1CC[C@H](C(=O)N[C@@H](Cc2cccc(-c3cnc(N4CCN(C(=O)O)CC4)nc3)c2)C(=O)Nc2ccc3[nH]c(=O)[nH]c3c2)CC1. The second kappa shape index (κ2) is 16.4. The fourth-order valence-electron chi connectivity index (χ4n) is 6.85. The first-order chi connectivity index (χ1) is 25.8. The lowest BCUT2D eigenvalue weighted by Gasteiger charge is -2.33. The minimum Gasteiger partial charge on any atom is -0.465 e. The Morgan fingerprint density at radius 2 is 1.63 bits per heavy atom. The number of ether oxygens (including phenoxy) is 1. The van der Waals surface area contributed by atoms with Crippen molar-refractivity contribution in [2.45, 2.75) is 64.5 Å². The summed E-state index contributed by atoms with van der Waals surface area (Å²) in [6, 6.07) is 11.8. The molecule has 16 nitrogen and oxygen atoms in total. The molecule has 6 N–H and O–H groups in total. The van der Waals surface area contributed by atoms with Crippen LogP contribution in [0.2, 0.25) is 0 Å². The summed E-state index contributed by atoms with van der Waals surface area (Å²) in [6.07, 6.45) is 5.00. The van der Waals surface area contributed by atoms with E-state index in [1.165, 1.54) is 4.90 Å². The van der Waals surface area contributed by atoms with E-state index in [4.69, 9.17) is 4.74 Å². The van der Waals surface area contributed by atoms with Crippen LogP contribution in [0.15, 0.2) is 59.7 Å². The zero-order valence-electron chi connectivity index (χ0n) is 30.7. The van der Waals surface area contributed by atoms with Gasteiger partial charge in [-0.3, -0.25) is 9.59 Å². The quantitative estimate of drug-likeness (QED) is 0.137. The number of carbonyl (C=O) groups excluding carboxylic acids is 3. The second-order valence-corrected chi connectivity index (χ2v) is 14.9. The maximum absolute atomic E-state index is 13.9. The molecule has 1 saturated carbocycles. The molecule has 2 aromatic carbocycles. The summed E-state index contributed by atoms with van der Waals surface area (Å²) in [4.78, 5) is 80.5. The number of hydrogen-bond donors (Lipinski definition) is 6. The van der Waals surface area contributed by atoms with Crippen LogP contribution in [-0.2, 0) is 20.7 Å². The van der Waals surface area contributed by atoms with Gasteiger partial charge in [0, 0.05) is 68.7 Å². The van der Waals surface area contributed by atoms with Crippen molar-refractivity contribution in [2.24, 2.45) is 11.8 Å². The largest absolute Gasteiger partial charge is 0.465 e. The first kappa shape index (κ1) is 37.8. The van der Waals surface area contributed by atoms with Crippen LogP contribution in [-0.4, -0.2) is 98.3 Å². The Hall–Kier alpha value is -5.93. The molecule has 4 amide bonds. The lowest BCUT2D eigenvalue weighted by atomic mass is 9.81. The van der Waals surface area contributed by atoms with Crippen molar-refractivity contribution in [2.75, 3.05) is 42.9 Å². The molecule has 6 rings (SSSR count). The van der Waals surface area contributed by atoms with E-state index in [2.05, 4.69) is 35.9 Å². The zero-order chi connectivity index (χ0) is 38.4. The summed E-state index contributed by atoms with van der Waals surface area (Å²) < 4.78 is 5.34. The molecule has 0 spiro atoms. The van der Waals surface area contributed by atoms with E-state index in [0.29, 0.717) is 68.2 Å². The van der Waals surface area contributed by atoms with E-state index < -0.39 is 29.7 Å². The molecule has 2 fully saturated rings. The number of piperazine rings is 1. The van der Waals surface area contributed by atoms with Crippen molar-refractivity contribution in [3.63, 3.8) is 0 Å². The fraction of sp³-hybridized carbons (Fsp3) is 0.447. The van der Waals surface area contributed by atoms with Crippen molar-refractivity contribution >= 4 is 46.7 Å². The number of aromatic nitrogens is 4. The number of nitrogens with one attached hydrogen (secondary N) is 5. The van der Waals surface area contributed by atoms with Gasteiger partial charge in [0.05, 0.1) is 11.0 Å². The average molecular weight is 742 g/mol. The lowest BCUT2D eigenvalue weighted by Crippen LogP contribution is -2.48. The molecule has 0 bridgehead atoms. The number of alkyl carbamates (subject to hydrolysis) is 1. The first-order valence-electron chi connectivity index (χ1n) is 18.2. The molecular weight excluding hydrogens is 694 g/mol. The van der Waals surface area contributed by atoms with Crippen LogP contribution >= 0.6 is 0 Å². The monoisotopic (exact) mass is 741 g/mol. The van der Waals surface area contributed by atoms with Crippen molar-refractivity contribution in [1.29, 1.82) is 0 Å². The van der Waals surface area contributed by atoms with E-state index in [0.717, 1.165) is 29.5 Å². The number of benzene rings is 2. The first-order valence-corrected chi connectivity index (χ1v) is 18.2. The molecular formula is C38H47N9O7. The smallest absolute Gasteiger partial charge is 0.407 e. The number of nitrogens with zero attached hydrogens (tertiary/aromatic N) is 4. The van der Waals surface area contributed by atoms with Crippen LogP contribution in [0.25, 0.3) is 22.2 Å². The zero-order valence-corrected chi connectivity index (χ0v) is 30.7. The molecule has 0 unspecified atom stereocenters. The predicted molar refractivity (Wildman–Crippen MR) is 202 cm³/mol. The third kappa shape index (κ3) is 9.93. The molecule has 54 heavy (non-hydrogen) atoms. The maximum Gasteiger partial charge on any atom is 0.407 e. The molecule has 1 aliphatic heterocycles. The minimum absolute atomic E-state index is 0.205. The summed E-state index contributed by atoms with van der Waals surface area (Å²) in [5.74, 6) is -0.151. The van der Waals surface area contributed by atoms with Gasteiger partial charge in [-0.15, -0.1) is 0 Å². The van der Waals surface area contributed by atoms with Crippen LogP contribution in [0, 0.1) is 11.8 Å². The van der Waals surface area contributed by atoms with Crippen molar-refractivity contribution < 1.29 is 29.0 Å². The van der Waals surface area contributed by atoms with Gasteiger partial charge < -0.3 is 45.6 Å². The summed E-state index contributed by atoms with van der Waals surface area (Å²) >= 11 is 0. The molecule has 0 radical (unpaired) electrons. The number of amides is 4. The van der Waals surface area contributed by atoms with E-state index in [1.54, 1.807) is 30.6 Å². The Kier molecular flexibility index (Phi) is 11.5. The number of H-pyrrole nitrogens is 2. The normalized spacial score (nSPS) is 18.1. The van der Waals surface area contributed by atoms with Crippen LogP contribution in [0.1, 0.15) is 52.0 Å². The van der Waals surface area contributed by atoms with Gasteiger partial charge in [-0.05, 0) is 81.7 Å². The van der Waals surface area contributed by atoms with Gasteiger partial charge in [0.2, 0.25) is 17.8 Å². The van der Waals surface area contributed by atoms with Crippen molar-refractivity contribution in [3.05, 3.63) is 70.9 Å². The van der Waals surface area contributed by atoms with E-state index in [9.17, 15) is 29.1 Å². The maximum atomic E-state index is 13.9. The van der Waals surface area contributed by atoms with Gasteiger partial charge in [0.25, 0.3) is 0 Å². The Morgan fingerprint density at radius 1 is 0.926 bits per heavy atom. The summed E-state index contributed by atoms with van der Waals surface area (Å²) in [5.41, 5.74) is 3.09. The van der Waals surface area contributed by atoms with Gasteiger partial charge >= 0.3 is 17.9 Å². The molecule has 3 heterocycles. The number of aromatic amines is 2. The third-order valence-electron chi connectivity index (χ3n) is 9.74. The van der Waals surface area contributed by atoms with Crippen LogP contribution in [0.5, 0.6) is 0 Å². The Balaban J connectivity index is 1.12. The van der Waals surface area contributed by atoms with Gasteiger partial charge in [-0.2, -0.15) is 0 Å². The molecule has 4 aromatic rings. The number of fused-ring (bicyclic) bond motifs is 1. The van der Waals surface area contributed by atoms with E-state index in [-0.39, 0.29) is 29.9 Å². The summed E-state index contributed by atoms with van der Waals surface area (Å²) in [5, 5.41) is 18.0. The lowest BCUT2D eigenvalue weighted by molar-refractivity contribution is -0.130. The highest BCUT2D eigenvalue weighted by Crippen LogP contribution is 2.29. The minimum atomic E-state index is -0.936. The highest BCUT2D eigenvalue weighted by molar-refractivity contribution is 5.98. The van der Waals surface area contributed by atoms with Crippen molar-refractivity contribution in [1.82, 2.24) is 35.5 Å². The molecule has 1 aliphatic carbocycles. The highest BCUT2D eigenvalue weighted by atomic mass is 16.6. The van der Waals surface area contributed by atoms with E-state index >= 15 is 0 Å². The second-order valence-electron chi connectivity index (χ2n) is 14.9. The summed E-state index contributed by atoms with van der Waals surface area (Å²) in [7, 11) is 0. The topological polar surface area (TPSA) is 215 Å². The van der Waals surface area contributed by atoms with Gasteiger partial charge in [0.15, 0.2) is 0 Å². The highest BCUT2D eigenvalue weighted by Gasteiger charge is 2.30. The molecule has 1 saturated heterocycles. The third-order valence-corrected chi connectivity index (χ3v) is 9.74. The van der Waals surface area contributed by atoms with Crippen LogP contribution in [0.3, 0.4) is 0 Å². The Morgan fingerprint density at radius 3 is 2.31 bits per heavy atom. The Labute approximate surface area is 312 Å².